The van der Waals surface area contributed by atoms with Crippen LogP contribution in [0.5, 0.6) is 0 Å². The minimum atomic E-state index is 0.0230. The van der Waals surface area contributed by atoms with Gasteiger partial charge in [-0.05, 0) is 31.6 Å². The highest BCUT2D eigenvalue weighted by Crippen LogP contribution is 2.38. The predicted molar refractivity (Wildman–Crippen MR) is 87.7 cm³/mol. The second-order valence-electron chi connectivity index (χ2n) is 6.80. The van der Waals surface area contributed by atoms with Gasteiger partial charge in [-0.15, -0.1) is 0 Å². The van der Waals surface area contributed by atoms with Gasteiger partial charge >= 0.3 is 0 Å². The van der Waals surface area contributed by atoms with E-state index in [0.717, 1.165) is 44.5 Å². The molecule has 0 spiro atoms. The number of likely N-dealkylation sites (tertiary alicyclic amines) is 1. The van der Waals surface area contributed by atoms with Crippen LogP contribution in [0.1, 0.15) is 47.7 Å². The minimum absolute atomic E-state index is 0.0230. The lowest BCUT2D eigenvalue weighted by Crippen LogP contribution is -2.40. The number of carbonyl (C=O) groups excluding carboxylic acids is 1. The number of hydrogen-bond donors (Lipinski definition) is 1. The summed E-state index contributed by atoms with van der Waals surface area (Å²) >= 11 is 0. The van der Waals surface area contributed by atoms with E-state index in [1.807, 2.05) is 4.90 Å². The van der Waals surface area contributed by atoms with Crippen molar-refractivity contribution in [2.75, 3.05) is 13.1 Å². The molecule has 2 aromatic heterocycles. The summed E-state index contributed by atoms with van der Waals surface area (Å²) in [4.78, 5) is 30.8. The molecule has 2 fully saturated rings. The smallest absolute Gasteiger partial charge is 0.257 e. The zero-order valence-electron chi connectivity index (χ0n) is 13.5. The van der Waals surface area contributed by atoms with Crippen LogP contribution in [0, 0.1) is 5.92 Å². The predicted octanol–water partition coefficient (Wildman–Crippen LogP) is 1.40. The Morgan fingerprint density at radius 2 is 2.04 bits per heavy atom. The molecule has 4 rings (SSSR count). The average molecular weight is 327 g/mol. The minimum Gasteiger partial charge on any atom is -0.339 e. The van der Waals surface area contributed by atoms with Gasteiger partial charge in [-0.3, -0.25) is 19.3 Å². The van der Waals surface area contributed by atoms with Gasteiger partial charge in [-0.2, -0.15) is 5.10 Å². The first-order chi connectivity index (χ1) is 11.7. The van der Waals surface area contributed by atoms with Crippen molar-refractivity contribution >= 4 is 5.91 Å². The van der Waals surface area contributed by atoms with Crippen LogP contribution in [-0.2, 0) is 6.54 Å². The number of nitrogens with zero attached hydrogens (tertiary/aromatic N) is 4. The molecular formula is C17H21N5O2. The summed E-state index contributed by atoms with van der Waals surface area (Å²) in [5.74, 6) is 0.934. The van der Waals surface area contributed by atoms with Crippen LogP contribution in [0.15, 0.2) is 29.6 Å². The van der Waals surface area contributed by atoms with E-state index < -0.39 is 0 Å². The summed E-state index contributed by atoms with van der Waals surface area (Å²) in [6.45, 7) is 2.12. The molecule has 24 heavy (non-hydrogen) atoms. The molecule has 2 aromatic rings. The SMILES string of the molecule is O=C(c1cn[nH]c1)N1CCC(Cn2cnc(C3CC3)cc2=O)CC1. The molecule has 2 aliphatic rings. The number of rotatable bonds is 4. The van der Waals surface area contributed by atoms with Crippen LogP contribution in [0.25, 0.3) is 0 Å². The first-order valence-electron chi connectivity index (χ1n) is 8.55. The quantitative estimate of drug-likeness (QED) is 0.920. The van der Waals surface area contributed by atoms with Crippen molar-refractivity contribution in [2.45, 2.75) is 38.1 Å². The molecule has 126 valence electrons. The van der Waals surface area contributed by atoms with Crippen LogP contribution in [0.4, 0.5) is 0 Å². The third-order valence-corrected chi connectivity index (χ3v) is 5.00. The number of piperidine rings is 1. The Morgan fingerprint density at radius 1 is 1.25 bits per heavy atom. The standard InChI is InChI=1S/C17H21N5O2/c23-16-7-15(13-1-2-13)18-11-22(16)10-12-3-5-21(6-4-12)17(24)14-8-19-20-9-14/h7-9,11-13H,1-6,10H2,(H,19,20). The third kappa shape index (κ3) is 3.11. The van der Waals surface area contributed by atoms with E-state index in [9.17, 15) is 9.59 Å². The molecule has 7 heteroatoms. The Hall–Kier alpha value is -2.44. The summed E-state index contributed by atoms with van der Waals surface area (Å²) in [7, 11) is 0. The maximum atomic E-state index is 12.3. The summed E-state index contributed by atoms with van der Waals surface area (Å²) in [5, 5.41) is 6.50. The highest BCUT2D eigenvalue weighted by Gasteiger charge is 2.27. The molecule has 0 unspecified atom stereocenters. The fourth-order valence-corrected chi connectivity index (χ4v) is 3.33. The van der Waals surface area contributed by atoms with Gasteiger partial charge < -0.3 is 4.90 Å². The normalized spacial score (nSPS) is 18.8. The Bertz CT molecular complexity index is 771. The lowest BCUT2D eigenvalue weighted by molar-refractivity contribution is 0.0682. The van der Waals surface area contributed by atoms with Gasteiger partial charge in [0.1, 0.15) is 0 Å². The van der Waals surface area contributed by atoms with Gasteiger partial charge in [0.2, 0.25) is 0 Å². The van der Waals surface area contributed by atoms with Crippen molar-refractivity contribution in [3.05, 3.63) is 46.4 Å². The van der Waals surface area contributed by atoms with E-state index in [2.05, 4.69) is 15.2 Å². The Labute approximate surface area is 139 Å². The Morgan fingerprint density at radius 3 is 2.67 bits per heavy atom. The summed E-state index contributed by atoms with van der Waals surface area (Å²) < 4.78 is 1.71. The van der Waals surface area contributed by atoms with Crippen molar-refractivity contribution in [3.63, 3.8) is 0 Å². The zero-order valence-corrected chi connectivity index (χ0v) is 13.5. The van der Waals surface area contributed by atoms with Crippen LogP contribution >= 0.6 is 0 Å². The molecule has 7 nitrogen and oxygen atoms in total. The monoisotopic (exact) mass is 327 g/mol. The van der Waals surface area contributed by atoms with Crippen molar-refractivity contribution in [1.29, 1.82) is 0 Å². The number of H-pyrrole nitrogens is 1. The maximum Gasteiger partial charge on any atom is 0.257 e. The molecule has 1 aliphatic heterocycles. The van der Waals surface area contributed by atoms with Gasteiger partial charge in [-0.25, -0.2) is 4.98 Å². The van der Waals surface area contributed by atoms with Crippen LogP contribution < -0.4 is 5.56 Å². The van der Waals surface area contributed by atoms with Crippen LogP contribution in [0.3, 0.4) is 0 Å². The second kappa shape index (κ2) is 6.22. The van der Waals surface area contributed by atoms with Crippen molar-refractivity contribution in [3.8, 4) is 0 Å². The number of hydrogen-bond acceptors (Lipinski definition) is 4. The number of aromatic nitrogens is 4. The number of carbonyl (C=O) groups is 1. The maximum absolute atomic E-state index is 12.3. The molecule has 3 heterocycles. The van der Waals surface area contributed by atoms with E-state index >= 15 is 0 Å². The molecular weight excluding hydrogens is 306 g/mol. The topological polar surface area (TPSA) is 83.9 Å². The highest BCUT2D eigenvalue weighted by atomic mass is 16.2. The lowest BCUT2D eigenvalue weighted by atomic mass is 9.96. The highest BCUT2D eigenvalue weighted by molar-refractivity contribution is 5.93. The van der Waals surface area contributed by atoms with Gasteiger partial charge in [-0.1, -0.05) is 0 Å². The molecule has 1 saturated heterocycles. The van der Waals surface area contributed by atoms with Gasteiger partial charge in [0.05, 0.1) is 23.8 Å². The van der Waals surface area contributed by atoms with E-state index in [4.69, 9.17) is 0 Å². The van der Waals surface area contributed by atoms with E-state index in [-0.39, 0.29) is 11.5 Å². The number of amides is 1. The first kappa shape index (κ1) is 15.1. The fraction of sp³-hybridized carbons (Fsp3) is 0.529. The lowest BCUT2D eigenvalue weighted by Gasteiger charge is -2.32. The van der Waals surface area contributed by atoms with Crippen LogP contribution in [0.2, 0.25) is 0 Å². The van der Waals surface area contributed by atoms with Crippen molar-refractivity contribution in [1.82, 2.24) is 24.6 Å². The van der Waals surface area contributed by atoms with Gasteiger partial charge in [0.15, 0.2) is 0 Å². The van der Waals surface area contributed by atoms with Crippen molar-refractivity contribution in [2.24, 2.45) is 5.92 Å². The average Bonchev–Trinajstić information content (AvgIpc) is 3.31. The summed E-state index contributed by atoms with van der Waals surface area (Å²) in [6.07, 6.45) is 8.99. The van der Waals surface area contributed by atoms with Gasteiger partial charge in [0.25, 0.3) is 11.5 Å². The molecule has 1 N–H and O–H groups in total. The molecule has 1 amide bonds. The largest absolute Gasteiger partial charge is 0.339 e. The van der Waals surface area contributed by atoms with Crippen molar-refractivity contribution < 1.29 is 4.79 Å². The molecule has 0 atom stereocenters. The van der Waals surface area contributed by atoms with E-state index in [1.165, 1.54) is 0 Å². The van der Waals surface area contributed by atoms with Crippen LogP contribution in [-0.4, -0.2) is 43.6 Å². The number of aromatic amines is 1. The summed E-state index contributed by atoms with van der Waals surface area (Å²) in [5.41, 5.74) is 1.59. The Kier molecular flexibility index (Phi) is 3.92. The second-order valence-corrected chi connectivity index (χ2v) is 6.80. The van der Waals surface area contributed by atoms with E-state index in [0.29, 0.717) is 23.9 Å². The molecule has 1 aliphatic carbocycles. The zero-order chi connectivity index (χ0) is 16.5. The molecule has 0 aromatic carbocycles. The van der Waals surface area contributed by atoms with Gasteiger partial charge in [0, 0.05) is 37.8 Å². The molecule has 0 radical (unpaired) electrons. The molecule has 1 saturated carbocycles. The fourth-order valence-electron chi connectivity index (χ4n) is 3.33. The number of nitrogens with one attached hydrogen (secondary N) is 1. The van der Waals surface area contributed by atoms with E-state index in [1.54, 1.807) is 29.4 Å². The third-order valence-electron chi connectivity index (χ3n) is 5.00. The molecule has 0 bridgehead atoms. The first-order valence-corrected chi connectivity index (χ1v) is 8.55. The Balaban J connectivity index is 1.35. The summed E-state index contributed by atoms with van der Waals surface area (Å²) in [6, 6.07) is 1.69.